The van der Waals surface area contributed by atoms with E-state index in [-0.39, 0.29) is 5.82 Å². The third-order valence-electron chi connectivity index (χ3n) is 3.96. The molecule has 2 rings (SSSR count). The average Bonchev–Trinajstić information content (AvgIpc) is 2.91. The Hall–Kier alpha value is -1.68. The van der Waals surface area contributed by atoms with Gasteiger partial charge in [0.25, 0.3) is 0 Å². The summed E-state index contributed by atoms with van der Waals surface area (Å²) < 4.78 is 16.0. The number of nitrogens with zero attached hydrogens (tertiary/aromatic N) is 2. The van der Waals surface area contributed by atoms with Crippen molar-refractivity contribution in [3.05, 3.63) is 53.1 Å². The van der Waals surface area contributed by atoms with Crippen LogP contribution in [0, 0.1) is 12.7 Å². The number of hydrogen-bond donors (Lipinski definition) is 1. The van der Waals surface area contributed by atoms with Gasteiger partial charge in [0, 0.05) is 18.2 Å². The molecular formula is C17H23FN2O. The lowest BCUT2D eigenvalue weighted by molar-refractivity contribution is 0.171. The van der Waals surface area contributed by atoms with Crippen LogP contribution >= 0.6 is 0 Å². The van der Waals surface area contributed by atoms with E-state index in [0.717, 1.165) is 18.5 Å². The van der Waals surface area contributed by atoms with Crippen LogP contribution in [-0.4, -0.2) is 14.9 Å². The van der Waals surface area contributed by atoms with Crippen molar-refractivity contribution in [2.45, 2.75) is 52.2 Å². The van der Waals surface area contributed by atoms with Crippen molar-refractivity contribution in [1.82, 2.24) is 9.78 Å². The van der Waals surface area contributed by atoms with Crippen molar-refractivity contribution in [3.8, 4) is 0 Å². The minimum Gasteiger partial charge on any atom is -0.388 e. The minimum atomic E-state index is -0.866. The van der Waals surface area contributed by atoms with Gasteiger partial charge in [0.2, 0.25) is 0 Å². The standard InChI is InChI=1S/C17H23FN2O/c1-4-14(5-2)20-10-9-13(19-20)11-16(21)15-8-6-7-12(3)17(15)18/h6-10,14,16,21H,4-5,11H2,1-3H3. The molecule has 1 aromatic carbocycles. The van der Waals surface area contributed by atoms with E-state index in [9.17, 15) is 9.50 Å². The van der Waals surface area contributed by atoms with E-state index in [2.05, 4.69) is 18.9 Å². The Morgan fingerprint density at radius 2 is 1.95 bits per heavy atom. The van der Waals surface area contributed by atoms with Crippen LogP contribution in [0.1, 0.15) is 55.7 Å². The molecule has 1 aromatic heterocycles. The Labute approximate surface area is 125 Å². The Morgan fingerprint density at radius 1 is 1.24 bits per heavy atom. The van der Waals surface area contributed by atoms with Crippen molar-refractivity contribution in [2.75, 3.05) is 0 Å². The SMILES string of the molecule is CCC(CC)n1ccc(CC(O)c2cccc(C)c2F)n1. The number of aryl methyl sites for hydroxylation is 1. The molecule has 4 heteroatoms. The number of hydrogen-bond acceptors (Lipinski definition) is 2. The number of rotatable bonds is 6. The lowest BCUT2D eigenvalue weighted by atomic mass is 10.0. The molecule has 0 saturated heterocycles. The van der Waals surface area contributed by atoms with Gasteiger partial charge in [0.1, 0.15) is 5.82 Å². The molecule has 114 valence electrons. The Kier molecular flexibility index (Phi) is 5.12. The highest BCUT2D eigenvalue weighted by atomic mass is 19.1. The maximum absolute atomic E-state index is 14.0. The zero-order valence-electron chi connectivity index (χ0n) is 12.9. The summed E-state index contributed by atoms with van der Waals surface area (Å²) in [7, 11) is 0. The van der Waals surface area contributed by atoms with Gasteiger partial charge >= 0.3 is 0 Å². The number of aliphatic hydroxyl groups excluding tert-OH is 1. The summed E-state index contributed by atoms with van der Waals surface area (Å²) in [5, 5.41) is 14.8. The Bertz CT molecular complexity index is 590. The second kappa shape index (κ2) is 6.85. The van der Waals surface area contributed by atoms with E-state index in [1.54, 1.807) is 25.1 Å². The summed E-state index contributed by atoms with van der Waals surface area (Å²) in [6.45, 7) is 5.96. The maximum atomic E-state index is 14.0. The fourth-order valence-corrected chi connectivity index (χ4v) is 2.59. The Morgan fingerprint density at radius 3 is 2.62 bits per heavy atom. The lowest BCUT2D eigenvalue weighted by Crippen LogP contribution is -2.09. The molecular weight excluding hydrogens is 267 g/mol. The third-order valence-corrected chi connectivity index (χ3v) is 3.96. The van der Waals surface area contributed by atoms with Crippen molar-refractivity contribution >= 4 is 0 Å². The lowest BCUT2D eigenvalue weighted by Gasteiger charge is -2.13. The van der Waals surface area contributed by atoms with Crippen molar-refractivity contribution in [1.29, 1.82) is 0 Å². The molecule has 0 bridgehead atoms. The highest BCUT2D eigenvalue weighted by molar-refractivity contribution is 5.27. The average molecular weight is 290 g/mol. The zero-order chi connectivity index (χ0) is 15.4. The number of benzene rings is 1. The van der Waals surface area contributed by atoms with Crippen LogP contribution < -0.4 is 0 Å². The molecule has 0 fully saturated rings. The summed E-state index contributed by atoms with van der Waals surface area (Å²) in [4.78, 5) is 0. The third kappa shape index (κ3) is 3.50. The first-order valence-corrected chi connectivity index (χ1v) is 7.53. The van der Waals surface area contributed by atoms with Gasteiger partial charge in [-0.1, -0.05) is 32.0 Å². The molecule has 0 spiro atoms. The van der Waals surface area contributed by atoms with Crippen LogP contribution in [-0.2, 0) is 6.42 Å². The first-order chi connectivity index (χ1) is 10.1. The molecule has 0 saturated carbocycles. The van der Waals surface area contributed by atoms with Crippen LogP contribution in [0.4, 0.5) is 4.39 Å². The topological polar surface area (TPSA) is 38.0 Å². The highest BCUT2D eigenvalue weighted by Crippen LogP contribution is 2.23. The second-order valence-electron chi connectivity index (χ2n) is 5.46. The van der Waals surface area contributed by atoms with Crippen LogP contribution in [0.2, 0.25) is 0 Å². The molecule has 1 N–H and O–H groups in total. The first kappa shape index (κ1) is 15.7. The van der Waals surface area contributed by atoms with Gasteiger partial charge in [-0.05, 0) is 31.4 Å². The van der Waals surface area contributed by atoms with Gasteiger partial charge in [0.05, 0.1) is 17.8 Å². The van der Waals surface area contributed by atoms with Crippen LogP contribution in [0.3, 0.4) is 0 Å². The quantitative estimate of drug-likeness (QED) is 0.874. The molecule has 1 heterocycles. The molecule has 0 amide bonds. The smallest absolute Gasteiger partial charge is 0.131 e. The predicted octanol–water partition coefficient (Wildman–Crippen LogP) is 3.97. The maximum Gasteiger partial charge on any atom is 0.131 e. The zero-order valence-corrected chi connectivity index (χ0v) is 12.9. The molecule has 0 aliphatic rings. The second-order valence-corrected chi connectivity index (χ2v) is 5.46. The molecule has 0 aliphatic carbocycles. The van der Waals surface area contributed by atoms with Gasteiger partial charge in [-0.3, -0.25) is 4.68 Å². The predicted molar refractivity (Wildman–Crippen MR) is 81.6 cm³/mol. The van der Waals surface area contributed by atoms with E-state index < -0.39 is 6.10 Å². The van der Waals surface area contributed by atoms with Gasteiger partial charge in [-0.15, -0.1) is 0 Å². The summed E-state index contributed by atoms with van der Waals surface area (Å²) in [5.41, 5.74) is 1.68. The minimum absolute atomic E-state index is 0.327. The highest BCUT2D eigenvalue weighted by Gasteiger charge is 2.16. The fourth-order valence-electron chi connectivity index (χ4n) is 2.59. The number of halogens is 1. The van der Waals surface area contributed by atoms with Crippen LogP contribution in [0.25, 0.3) is 0 Å². The van der Waals surface area contributed by atoms with Gasteiger partial charge < -0.3 is 5.11 Å². The van der Waals surface area contributed by atoms with Crippen molar-refractivity contribution in [2.24, 2.45) is 0 Å². The molecule has 21 heavy (non-hydrogen) atoms. The van der Waals surface area contributed by atoms with E-state index in [0.29, 0.717) is 23.6 Å². The van der Waals surface area contributed by atoms with E-state index in [1.165, 1.54) is 0 Å². The Balaban J connectivity index is 2.13. The normalized spacial score (nSPS) is 12.9. The fraction of sp³-hybridized carbons (Fsp3) is 0.471. The number of aliphatic hydroxyl groups is 1. The summed E-state index contributed by atoms with van der Waals surface area (Å²) in [6.07, 6.45) is 3.44. The monoisotopic (exact) mass is 290 g/mol. The summed E-state index contributed by atoms with van der Waals surface area (Å²) in [6, 6.07) is 7.37. The van der Waals surface area contributed by atoms with E-state index >= 15 is 0 Å². The van der Waals surface area contributed by atoms with Crippen molar-refractivity contribution < 1.29 is 9.50 Å². The van der Waals surface area contributed by atoms with Gasteiger partial charge in [0.15, 0.2) is 0 Å². The molecule has 0 aliphatic heterocycles. The molecule has 1 unspecified atom stereocenters. The van der Waals surface area contributed by atoms with Crippen LogP contribution in [0.15, 0.2) is 30.5 Å². The summed E-state index contributed by atoms with van der Waals surface area (Å²) in [5.74, 6) is -0.329. The first-order valence-electron chi connectivity index (χ1n) is 7.53. The molecule has 2 aromatic rings. The van der Waals surface area contributed by atoms with E-state index in [4.69, 9.17) is 0 Å². The summed E-state index contributed by atoms with van der Waals surface area (Å²) >= 11 is 0. The molecule has 1 atom stereocenters. The van der Waals surface area contributed by atoms with E-state index in [1.807, 2.05) is 16.9 Å². The van der Waals surface area contributed by atoms with Gasteiger partial charge in [-0.2, -0.15) is 5.10 Å². The van der Waals surface area contributed by atoms with Gasteiger partial charge in [-0.25, -0.2) is 4.39 Å². The largest absolute Gasteiger partial charge is 0.388 e. The van der Waals surface area contributed by atoms with Crippen molar-refractivity contribution in [3.63, 3.8) is 0 Å². The molecule has 3 nitrogen and oxygen atoms in total. The molecule has 0 radical (unpaired) electrons. The number of aromatic nitrogens is 2. The van der Waals surface area contributed by atoms with Crippen LogP contribution in [0.5, 0.6) is 0 Å².